The number of carbonyl (C=O) groups excluding carboxylic acids is 1. The van der Waals surface area contributed by atoms with Gasteiger partial charge >= 0.3 is 0 Å². The van der Waals surface area contributed by atoms with Crippen molar-refractivity contribution in [1.29, 1.82) is 0 Å². The largest absolute Gasteiger partial charge is 0.497 e. The van der Waals surface area contributed by atoms with Crippen molar-refractivity contribution in [3.8, 4) is 22.7 Å². The van der Waals surface area contributed by atoms with Crippen LogP contribution in [0.2, 0.25) is 0 Å². The lowest BCUT2D eigenvalue weighted by atomic mass is 10.1. The maximum absolute atomic E-state index is 14.0. The van der Waals surface area contributed by atoms with Crippen molar-refractivity contribution in [3.63, 3.8) is 0 Å². The highest BCUT2D eigenvalue weighted by atomic mass is 19.1. The van der Waals surface area contributed by atoms with E-state index in [0.717, 1.165) is 45.1 Å². The Bertz CT molecular complexity index is 1310. The molecule has 34 heavy (non-hydrogen) atoms. The Balaban J connectivity index is 1.55. The molecule has 174 valence electrons. The number of hydrogen-bond acceptors (Lipinski definition) is 3. The molecule has 5 nitrogen and oxygen atoms in total. The number of amides is 1. The van der Waals surface area contributed by atoms with Crippen molar-refractivity contribution in [3.05, 3.63) is 101 Å². The van der Waals surface area contributed by atoms with Crippen molar-refractivity contribution < 1.29 is 13.9 Å². The summed E-state index contributed by atoms with van der Waals surface area (Å²) >= 11 is 0. The molecule has 0 fully saturated rings. The molecule has 6 heteroatoms. The summed E-state index contributed by atoms with van der Waals surface area (Å²) in [6.45, 7) is 4.50. The van der Waals surface area contributed by atoms with Crippen LogP contribution < -0.4 is 10.1 Å². The Labute approximate surface area is 199 Å². The summed E-state index contributed by atoms with van der Waals surface area (Å²) in [5.74, 6) is 0.406. The predicted octanol–water partition coefficient (Wildman–Crippen LogP) is 5.55. The monoisotopic (exact) mass is 457 g/mol. The lowest BCUT2D eigenvalue weighted by Crippen LogP contribution is -2.23. The van der Waals surface area contributed by atoms with Crippen LogP contribution in [-0.2, 0) is 17.8 Å². The lowest BCUT2D eigenvalue weighted by molar-refractivity contribution is -0.121. The number of nitrogens with one attached hydrogen (secondary N) is 1. The number of halogens is 1. The van der Waals surface area contributed by atoms with Crippen LogP contribution in [0.15, 0.2) is 72.8 Å². The van der Waals surface area contributed by atoms with Gasteiger partial charge in [0.05, 0.1) is 24.2 Å². The third kappa shape index (κ3) is 5.52. The van der Waals surface area contributed by atoms with Crippen LogP contribution in [0.5, 0.6) is 5.75 Å². The van der Waals surface area contributed by atoms with Gasteiger partial charge in [0.25, 0.3) is 0 Å². The molecule has 4 aromatic rings. The molecule has 1 aromatic heterocycles. The molecular weight excluding hydrogens is 429 g/mol. The summed E-state index contributed by atoms with van der Waals surface area (Å²) in [7, 11) is 1.63. The van der Waals surface area contributed by atoms with Gasteiger partial charge in [-0.2, -0.15) is 5.10 Å². The number of ether oxygens (including phenoxy) is 1. The summed E-state index contributed by atoms with van der Waals surface area (Å²) in [6, 6.07) is 22.2. The third-order valence-electron chi connectivity index (χ3n) is 5.69. The van der Waals surface area contributed by atoms with Crippen molar-refractivity contribution in [2.45, 2.75) is 33.2 Å². The van der Waals surface area contributed by atoms with Gasteiger partial charge in [0.1, 0.15) is 11.6 Å². The Hall–Kier alpha value is -3.93. The van der Waals surface area contributed by atoms with Crippen molar-refractivity contribution >= 4 is 5.91 Å². The standard InChI is InChI=1S/C28H28FN3O2/c1-19-6-4-7-21(14-19)18-30-28(33)13-10-24-17-27(22-8-5-9-23(29)16-22)32(31-24)26-12-11-25(34-3)15-20(26)2/h4-9,11-12,14-17H,10,13,18H2,1-3H3,(H,30,33). The van der Waals surface area contributed by atoms with Crippen LogP contribution in [0.4, 0.5) is 4.39 Å². The van der Waals surface area contributed by atoms with Gasteiger partial charge in [0, 0.05) is 24.9 Å². The van der Waals surface area contributed by atoms with E-state index in [-0.39, 0.29) is 11.7 Å². The van der Waals surface area contributed by atoms with Crippen molar-refractivity contribution in [1.82, 2.24) is 15.1 Å². The Kier molecular flexibility index (Phi) is 7.07. The van der Waals surface area contributed by atoms with E-state index in [1.54, 1.807) is 13.2 Å². The molecule has 0 saturated carbocycles. The molecule has 1 heterocycles. The molecule has 0 unspecified atom stereocenters. The zero-order chi connectivity index (χ0) is 24.1. The van der Waals surface area contributed by atoms with Crippen LogP contribution in [0.25, 0.3) is 16.9 Å². The van der Waals surface area contributed by atoms with E-state index < -0.39 is 0 Å². The summed E-state index contributed by atoms with van der Waals surface area (Å²) < 4.78 is 21.1. The molecular formula is C28H28FN3O2. The Morgan fingerprint density at radius 3 is 2.59 bits per heavy atom. The van der Waals surface area contributed by atoms with Crippen LogP contribution >= 0.6 is 0 Å². The van der Waals surface area contributed by atoms with Gasteiger partial charge < -0.3 is 10.1 Å². The summed E-state index contributed by atoms with van der Waals surface area (Å²) in [4.78, 5) is 12.5. The van der Waals surface area contributed by atoms with Gasteiger partial charge in [-0.3, -0.25) is 4.79 Å². The van der Waals surface area contributed by atoms with E-state index in [2.05, 4.69) is 11.4 Å². The van der Waals surface area contributed by atoms with Crippen molar-refractivity contribution in [2.24, 2.45) is 0 Å². The molecule has 0 bridgehead atoms. The molecule has 4 rings (SSSR count). The molecule has 1 amide bonds. The zero-order valence-corrected chi connectivity index (χ0v) is 19.6. The maximum atomic E-state index is 14.0. The minimum Gasteiger partial charge on any atom is -0.497 e. The number of aromatic nitrogens is 2. The highest BCUT2D eigenvalue weighted by Crippen LogP contribution is 2.28. The average molecular weight is 458 g/mol. The topological polar surface area (TPSA) is 56.2 Å². The fourth-order valence-corrected chi connectivity index (χ4v) is 3.93. The Morgan fingerprint density at radius 2 is 1.85 bits per heavy atom. The minimum absolute atomic E-state index is 0.0380. The zero-order valence-electron chi connectivity index (χ0n) is 19.6. The molecule has 0 atom stereocenters. The van der Waals surface area contributed by atoms with Gasteiger partial charge in [0.2, 0.25) is 5.91 Å². The summed E-state index contributed by atoms with van der Waals surface area (Å²) in [5.41, 5.74) is 6.33. The molecule has 1 N–H and O–H groups in total. The molecule has 0 radical (unpaired) electrons. The van der Waals surface area contributed by atoms with Crippen LogP contribution in [-0.4, -0.2) is 22.8 Å². The normalized spacial score (nSPS) is 10.8. The number of hydrogen-bond donors (Lipinski definition) is 1. The van der Waals surface area contributed by atoms with Gasteiger partial charge in [0.15, 0.2) is 0 Å². The molecule has 0 aliphatic heterocycles. The minimum atomic E-state index is -0.311. The summed E-state index contributed by atoms with van der Waals surface area (Å²) in [6.07, 6.45) is 0.789. The summed E-state index contributed by atoms with van der Waals surface area (Å²) in [5, 5.41) is 7.75. The smallest absolute Gasteiger partial charge is 0.220 e. The first-order valence-corrected chi connectivity index (χ1v) is 11.2. The molecule has 0 spiro atoms. The number of rotatable bonds is 8. The van der Waals surface area contributed by atoms with Gasteiger partial charge in [-0.05, 0) is 61.4 Å². The maximum Gasteiger partial charge on any atom is 0.220 e. The first-order chi connectivity index (χ1) is 16.4. The second-order valence-electron chi connectivity index (χ2n) is 8.36. The fraction of sp³-hybridized carbons (Fsp3) is 0.214. The highest BCUT2D eigenvalue weighted by Gasteiger charge is 2.15. The van der Waals surface area contributed by atoms with Gasteiger partial charge in [-0.15, -0.1) is 0 Å². The third-order valence-corrected chi connectivity index (χ3v) is 5.69. The molecule has 0 aliphatic carbocycles. The van der Waals surface area contributed by atoms with Crippen LogP contribution in [0.1, 0.15) is 28.8 Å². The number of carbonyl (C=O) groups is 1. The van der Waals surface area contributed by atoms with Gasteiger partial charge in [-0.1, -0.05) is 42.0 Å². The highest BCUT2D eigenvalue weighted by molar-refractivity contribution is 5.76. The average Bonchev–Trinajstić information content (AvgIpc) is 3.25. The van der Waals surface area contributed by atoms with E-state index in [1.807, 2.05) is 67.1 Å². The van der Waals surface area contributed by atoms with Crippen LogP contribution in [0.3, 0.4) is 0 Å². The second-order valence-corrected chi connectivity index (χ2v) is 8.36. The number of aryl methyl sites for hydroxylation is 3. The molecule has 3 aromatic carbocycles. The first kappa shape index (κ1) is 23.2. The lowest BCUT2D eigenvalue weighted by Gasteiger charge is -2.12. The molecule has 0 saturated heterocycles. The van der Waals surface area contributed by atoms with Crippen LogP contribution in [0, 0.1) is 19.7 Å². The number of methoxy groups -OCH3 is 1. The number of benzene rings is 3. The van der Waals surface area contributed by atoms with E-state index in [4.69, 9.17) is 9.84 Å². The fourth-order valence-electron chi connectivity index (χ4n) is 3.93. The SMILES string of the molecule is COc1ccc(-n2nc(CCC(=O)NCc3cccc(C)c3)cc2-c2cccc(F)c2)c(C)c1. The Morgan fingerprint density at radius 1 is 1.03 bits per heavy atom. The predicted molar refractivity (Wildman–Crippen MR) is 132 cm³/mol. The first-order valence-electron chi connectivity index (χ1n) is 11.2. The van der Waals surface area contributed by atoms with E-state index >= 15 is 0 Å². The number of nitrogens with zero attached hydrogens (tertiary/aromatic N) is 2. The van der Waals surface area contributed by atoms with Crippen molar-refractivity contribution in [2.75, 3.05) is 7.11 Å². The second kappa shape index (κ2) is 10.3. The van der Waals surface area contributed by atoms with E-state index in [1.165, 1.54) is 12.1 Å². The quantitative estimate of drug-likeness (QED) is 0.377. The van der Waals surface area contributed by atoms with E-state index in [0.29, 0.717) is 19.4 Å². The van der Waals surface area contributed by atoms with Gasteiger partial charge in [-0.25, -0.2) is 9.07 Å². The molecule has 0 aliphatic rings. The van der Waals surface area contributed by atoms with E-state index in [9.17, 15) is 9.18 Å².